The Hall–Kier alpha value is -5.99. The average molecular weight is 1080 g/mol. The SMILES string of the molecule is CC[C@H](C)[C@H]1NC(=O)[C@@H](NC(=O)[C@@H](CC(C)C)N(C)C(=O)[C@@H]2CCCN2C(=O)OC(C)(C)C)[C@@H](C)OC(=O)[C@H](Cc2ccc(OC)cc2)N(C)C(=O)[C@@H]2CCCN2C(=O)[C@H](CC(C)C)NC(=O)[C@H](C(C)C)OC(=O)C[C@@H]1O. The van der Waals surface area contributed by atoms with E-state index >= 15 is 0 Å². The summed E-state index contributed by atoms with van der Waals surface area (Å²) in [6.07, 6.45) is -3.74. The molecular weight excluding hydrogens is 995 g/mol. The van der Waals surface area contributed by atoms with E-state index in [0.717, 1.165) is 0 Å². The highest BCUT2D eigenvalue weighted by molar-refractivity contribution is 5.96. The molecule has 77 heavy (non-hydrogen) atoms. The summed E-state index contributed by atoms with van der Waals surface area (Å²) in [4.78, 5) is 135. The van der Waals surface area contributed by atoms with E-state index in [9.17, 15) is 48.3 Å². The number of likely N-dealkylation sites (tertiary alicyclic amines) is 1. The quantitative estimate of drug-likeness (QED) is 0.151. The Morgan fingerprint density at radius 3 is 2.09 bits per heavy atom. The third-order valence-electron chi connectivity index (χ3n) is 14.6. The van der Waals surface area contributed by atoms with Gasteiger partial charge in [-0.1, -0.05) is 73.9 Å². The number of aliphatic hydroxyl groups is 1. The minimum atomic E-state index is -1.72. The van der Waals surface area contributed by atoms with Crippen molar-refractivity contribution in [2.45, 2.75) is 207 Å². The van der Waals surface area contributed by atoms with Gasteiger partial charge < -0.3 is 54.7 Å². The van der Waals surface area contributed by atoms with Crippen molar-refractivity contribution in [1.82, 2.24) is 35.6 Å². The van der Waals surface area contributed by atoms with Crippen molar-refractivity contribution in [2.24, 2.45) is 23.7 Å². The molecular formula is C56H89N7O14. The number of carbonyl (C=O) groups is 9. The number of aliphatic hydroxyl groups excluding tert-OH is 1. The first-order chi connectivity index (χ1) is 36.0. The molecule has 4 N–H and O–H groups in total. The summed E-state index contributed by atoms with van der Waals surface area (Å²) in [5, 5.41) is 20.2. The predicted molar refractivity (Wildman–Crippen MR) is 286 cm³/mol. The van der Waals surface area contributed by atoms with Crippen LogP contribution in [0.4, 0.5) is 4.79 Å². The molecule has 0 bridgehead atoms. The van der Waals surface area contributed by atoms with Gasteiger partial charge in [-0.25, -0.2) is 9.59 Å². The maximum absolute atomic E-state index is 15.0. The molecule has 3 fully saturated rings. The molecule has 3 aliphatic heterocycles. The molecule has 0 saturated carbocycles. The zero-order chi connectivity index (χ0) is 57.8. The molecule has 0 radical (unpaired) electrons. The predicted octanol–water partition coefficient (Wildman–Crippen LogP) is 4.14. The molecule has 0 spiro atoms. The fourth-order valence-corrected chi connectivity index (χ4v) is 10.1. The second kappa shape index (κ2) is 28.1. The second-order valence-electron chi connectivity index (χ2n) is 23.3. The molecule has 432 valence electrons. The Kier molecular flexibility index (Phi) is 23.2. The van der Waals surface area contributed by atoms with Gasteiger partial charge in [0.1, 0.15) is 53.7 Å². The van der Waals surface area contributed by atoms with Gasteiger partial charge in [-0.3, -0.25) is 38.5 Å². The van der Waals surface area contributed by atoms with E-state index in [0.29, 0.717) is 37.0 Å². The number of amides is 7. The van der Waals surface area contributed by atoms with Crippen LogP contribution >= 0.6 is 0 Å². The highest BCUT2D eigenvalue weighted by atomic mass is 16.6. The number of carbonyl (C=O) groups excluding carboxylic acids is 9. The maximum Gasteiger partial charge on any atom is 0.410 e. The Labute approximate surface area is 455 Å². The zero-order valence-electron chi connectivity index (χ0n) is 48.2. The number of cyclic esters (lactones) is 2. The van der Waals surface area contributed by atoms with Gasteiger partial charge in [0.05, 0.1) is 25.7 Å². The summed E-state index contributed by atoms with van der Waals surface area (Å²) < 4.78 is 22.9. The van der Waals surface area contributed by atoms with E-state index in [1.807, 2.05) is 34.6 Å². The number of likely N-dealkylation sites (N-methyl/N-ethyl adjacent to an activating group) is 2. The normalized spacial score (nSPS) is 26.5. The van der Waals surface area contributed by atoms with Crippen LogP contribution in [0.2, 0.25) is 0 Å². The van der Waals surface area contributed by atoms with E-state index < -0.39 is 138 Å². The van der Waals surface area contributed by atoms with Crippen molar-refractivity contribution < 1.29 is 67.2 Å². The number of hydrogen-bond acceptors (Lipinski definition) is 14. The highest BCUT2D eigenvalue weighted by Crippen LogP contribution is 2.28. The molecule has 0 aromatic heterocycles. The van der Waals surface area contributed by atoms with Gasteiger partial charge in [0.15, 0.2) is 6.10 Å². The molecule has 3 heterocycles. The van der Waals surface area contributed by atoms with Crippen molar-refractivity contribution in [3.05, 3.63) is 29.8 Å². The maximum atomic E-state index is 15.0. The fraction of sp³-hybridized carbons (Fsp3) is 0.732. The third-order valence-corrected chi connectivity index (χ3v) is 14.6. The first-order valence-electron chi connectivity index (χ1n) is 27.4. The van der Waals surface area contributed by atoms with E-state index in [1.165, 1.54) is 47.7 Å². The number of rotatable bonds is 14. The Morgan fingerprint density at radius 2 is 1.52 bits per heavy atom. The van der Waals surface area contributed by atoms with Crippen LogP contribution in [-0.4, -0.2) is 179 Å². The molecule has 3 saturated heterocycles. The number of nitrogens with zero attached hydrogens (tertiary/aromatic N) is 4. The molecule has 1 aromatic rings. The van der Waals surface area contributed by atoms with Crippen LogP contribution in [-0.2, 0) is 59.0 Å². The summed E-state index contributed by atoms with van der Waals surface area (Å²) >= 11 is 0. The lowest BCUT2D eigenvalue weighted by Gasteiger charge is -2.36. The Balaban J connectivity index is 1.86. The lowest BCUT2D eigenvalue weighted by Crippen LogP contribution is -2.62. The smallest absolute Gasteiger partial charge is 0.410 e. The number of hydrogen-bond donors (Lipinski definition) is 4. The van der Waals surface area contributed by atoms with Gasteiger partial charge >= 0.3 is 18.0 Å². The van der Waals surface area contributed by atoms with Gasteiger partial charge in [-0.05, 0) is 108 Å². The number of ether oxygens (including phenoxy) is 4. The number of fused-ring (bicyclic) bond motifs is 1. The first-order valence-corrected chi connectivity index (χ1v) is 27.4. The topological polar surface area (TPSA) is 260 Å². The van der Waals surface area contributed by atoms with E-state index in [2.05, 4.69) is 16.0 Å². The van der Waals surface area contributed by atoms with Gasteiger partial charge in [-0.2, -0.15) is 0 Å². The Morgan fingerprint density at radius 1 is 0.883 bits per heavy atom. The molecule has 0 aliphatic carbocycles. The minimum absolute atomic E-state index is 0.0918. The van der Waals surface area contributed by atoms with Crippen LogP contribution < -0.4 is 20.7 Å². The largest absolute Gasteiger partial charge is 0.497 e. The average Bonchev–Trinajstić information content (AvgIpc) is 4.06. The molecule has 0 unspecified atom stereocenters. The van der Waals surface area contributed by atoms with Crippen molar-refractivity contribution in [3.8, 4) is 5.75 Å². The summed E-state index contributed by atoms with van der Waals surface area (Å²) in [7, 11) is 4.38. The molecule has 7 amide bonds. The Bertz CT molecular complexity index is 2230. The number of benzene rings is 1. The van der Waals surface area contributed by atoms with E-state index in [4.69, 9.17) is 18.9 Å². The number of methoxy groups -OCH3 is 1. The van der Waals surface area contributed by atoms with E-state index in [-0.39, 0.29) is 50.6 Å². The van der Waals surface area contributed by atoms with Crippen molar-refractivity contribution in [1.29, 1.82) is 0 Å². The van der Waals surface area contributed by atoms with Crippen LogP contribution in [0.5, 0.6) is 5.75 Å². The van der Waals surface area contributed by atoms with Gasteiger partial charge in [0, 0.05) is 33.6 Å². The minimum Gasteiger partial charge on any atom is -0.497 e. The lowest BCUT2D eigenvalue weighted by atomic mass is 9.92. The highest BCUT2D eigenvalue weighted by Gasteiger charge is 2.46. The molecule has 1 aromatic carbocycles. The fourth-order valence-electron chi connectivity index (χ4n) is 10.1. The van der Waals surface area contributed by atoms with Crippen molar-refractivity contribution in [2.75, 3.05) is 34.3 Å². The summed E-state index contributed by atoms with van der Waals surface area (Å²) in [5.41, 5.74) is -0.232. The standard InChI is InChI=1S/C56H89N7O14/c1-16-34(8)45-43(64)30-44(65)76-47(33(6)7)50(68)57-38(27-31(2)3)51(69)62-25-17-19-39(62)52(70)61(14)42(29-36-21-23-37(74-15)24-22-36)54(72)75-35(9)46(49(67)58-45)59-48(66)41(28-32(4)5)60(13)53(71)40-20-18-26-63(40)55(73)77-56(10,11)12/h21-24,31-35,38-43,45-47,64H,16-20,25-30H2,1-15H3,(H,57,68)(H,58,67)(H,59,66)/t34-,35+,38-,39-,40-,41+,42-,43-,45+,46-,47-/m0/s1. The van der Waals surface area contributed by atoms with Crippen molar-refractivity contribution in [3.63, 3.8) is 0 Å². The van der Waals surface area contributed by atoms with Crippen molar-refractivity contribution >= 4 is 53.5 Å². The molecule has 21 heteroatoms. The summed E-state index contributed by atoms with van der Waals surface area (Å²) in [5.74, 6) is -6.86. The third kappa shape index (κ3) is 17.3. The van der Waals surface area contributed by atoms with Crippen LogP contribution in [0.3, 0.4) is 0 Å². The van der Waals surface area contributed by atoms with Crippen LogP contribution in [0.25, 0.3) is 0 Å². The van der Waals surface area contributed by atoms with Crippen LogP contribution in [0, 0.1) is 23.7 Å². The number of esters is 2. The molecule has 3 aliphatic rings. The summed E-state index contributed by atoms with van der Waals surface area (Å²) in [6.45, 7) is 21.3. The monoisotopic (exact) mass is 1080 g/mol. The van der Waals surface area contributed by atoms with Gasteiger partial charge in [0.25, 0.3) is 5.91 Å². The molecule has 11 atom stereocenters. The lowest BCUT2D eigenvalue weighted by molar-refractivity contribution is -0.162. The second-order valence-corrected chi connectivity index (χ2v) is 23.3. The van der Waals surface area contributed by atoms with Gasteiger partial charge in [-0.15, -0.1) is 0 Å². The summed E-state index contributed by atoms with van der Waals surface area (Å²) in [6, 6.07) is -1.76. The van der Waals surface area contributed by atoms with E-state index in [1.54, 1.807) is 65.8 Å². The van der Waals surface area contributed by atoms with Gasteiger partial charge in [0.2, 0.25) is 29.5 Å². The molecule has 4 rings (SSSR count). The molecule has 21 nitrogen and oxygen atoms in total. The first kappa shape index (κ1) is 63.5. The number of nitrogens with one attached hydrogen (secondary N) is 3. The zero-order valence-corrected chi connectivity index (χ0v) is 48.2. The van der Waals surface area contributed by atoms with Crippen LogP contribution in [0.15, 0.2) is 24.3 Å². The van der Waals surface area contributed by atoms with Crippen LogP contribution in [0.1, 0.15) is 140 Å².